The van der Waals surface area contributed by atoms with E-state index in [1.807, 2.05) is 0 Å². The number of aliphatic hydroxyl groups excluding tert-OH is 1. The van der Waals surface area contributed by atoms with Crippen molar-refractivity contribution in [3.8, 4) is 10.4 Å². The van der Waals surface area contributed by atoms with Gasteiger partial charge in [-0.05, 0) is 37.1 Å². The minimum absolute atomic E-state index is 0.0185. The molecule has 2 heterocycles. The molecule has 1 aliphatic heterocycles. The van der Waals surface area contributed by atoms with Crippen LogP contribution >= 0.6 is 11.3 Å². The third kappa shape index (κ3) is 5.82. The highest BCUT2D eigenvalue weighted by molar-refractivity contribution is 7.19. The van der Waals surface area contributed by atoms with Crippen LogP contribution in [0.3, 0.4) is 0 Å². The van der Waals surface area contributed by atoms with Crippen molar-refractivity contribution >= 4 is 28.1 Å². The molecule has 1 aliphatic rings. The minimum atomic E-state index is -4.56. The van der Waals surface area contributed by atoms with E-state index >= 15 is 0 Å². The first-order chi connectivity index (χ1) is 15.6. The van der Waals surface area contributed by atoms with Crippen LogP contribution in [0.1, 0.15) is 44.1 Å². The summed E-state index contributed by atoms with van der Waals surface area (Å²) in [7, 11) is 0. The molecule has 0 aliphatic carbocycles. The Morgan fingerprint density at radius 2 is 2.06 bits per heavy atom. The van der Waals surface area contributed by atoms with Crippen LogP contribution in [0.4, 0.5) is 22.7 Å². The number of alkyl halides is 3. The van der Waals surface area contributed by atoms with E-state index in [2.05, 4.69) is 15.3 Å². The molecule has 0 saturated carbocycles. The average Bonchev–Trinajstić information content (AvgIpc) is 3.01. The number of hydrogen-bond acceptors (Lipinski definition) is 5. The van der Waals surface area contributed by atoms with Crippen LogP contribution in [0.15, 0.2) is 65.1 Å². The Balaban J connectivity index is 2.07. The van der Waals surface area contributed by atoms with Crippen LogP contribution in [0, 0.1) is 0 Å². The highest BCUT2D eigenvalue weighted by Crippen LogP contribution is 2.40. The molecule has 0 fully saturated rings. The lowest BCUT2D eigenvalue weighted by atomic mass is 10.0. The molecule has 1 aromatic heterocycles. The SMILES string of the molecule is CC/C(F)=C(\C)C(=O)Nc1nc(C(O)C2=NC=CC=CC2)c(-c2cccc(C(F)(F)F)c2)s1. The summed E-state index contributed by atoms with van der Waals surface area (Å²) in [5.41, 5.74) is -0.428. The number of aliphatic hydroxyl groups is 1. The number of nitrogens with zero attached hydrogens (tertiary/aromatic N) is 2. The van der Waals surface area contributed by atoms with Crippen molar-refractivity contribution < 1.29 is 27.5 Å². The Labute approximate surface area is 191 Å². The normalized spacial score (nSPS) is 15.5. The maximum Gasteiger partial charge on any atom is 0.416 e. The fourth-order valence-electron chi connectivity index (χ4n) is 3.04. The van der Waals surface area contributed by atoms with Crippen molar-refractivity contribution in [3.05, 3.63) is 71.4 Å². The van der Waals surface area contributed by atoms with Crippen LogP contribution < -0.4 is 5.32 Å². The zero-order chi connectivity index (χ0) is 24.2. The van der Waals surface area contributed by atoms with Crippen molar-refractivity contribution in [2.45, 2.75) is 39.0 Å². The van der Waals surface area contributed by atoms with Gasteiger partial charge in [-0.2, -0.15) is 13.2 Å². The van der Waals surface area contributed by atoms with Gasteiger partial charge in [0.1, 0.15) is 11.9 Å². The van der Waals surface area contributed by atoms with E-state index in [1.54, 1.807) is 25.2 Å². The van der Waals surface area contributed by atoms with Gasteiger partial charge < -0.3 is 5.11 Å². The summed E-state index contributed by atoms with van der Waals surface area (Å²) in [6.07, 6.45) is 1.15. The summed E-state index contributed by atoms with van der Waals surface area (Å²) in [4.78, 5) is 21.1. The number of anilines is 1. The molecule has 33 heavy (non-hydrogen) atoms. The van der Waals surface area contributed by atoms with E-state index in [9.17, 15) is 27.5 Å². The highest BCUT2D eigenvalue weighted by Gasteiger charge is 2.31. The van der Waals surface area contributed by atoms with Gasteiger partial charge in [0.2, 0.25) is 0 Å². The Kier molecular flexibility index (Phi) is 7.60. The molecule has 1 aromatic carbocycles. The maximum absolute atomic E-state index is 13.8. The molecule has 2 N–H and O–H groups in total. The molecule has 1 unspecified atom stereocenters. The number of thiazole rings is 1. The van der Waals surface area contributed by atoms with Gasteiger partial charge in [-0.1, -0.05) is 42.5 Å². The van der Waals surface area contributed by atoms with Crippen molar-refractivity contribution in [1.29, 1.82) is 0 Å². The van der Waals surface area contributed by atoms with Gasteiger partial charge in [-0.15, -0.1) is 0 Å². The smallest absolute Gasteiger partial charge is 0.381 e. The molecular formula is C23H21F4N3O2S. The summed E-state index contributed by atoms with van der Waals surface area (Å²) in [5, 5.41) is 13.5. The molecule has 5 nitrogen and oxygen atoms in total. The number of nitrogens with one attached hydrogen (secondary N) is 1. The van der Waals surface area contributed by atoms with E-state index < -0.39 is 29.6 Å². The summed E-state index contributed by atoms with van der Waals surface area (Å²) in [6.45, 7) is 2.89. The summed E-state index contributed by atoms with van der Waals surface area (Å²) in [5.74, 6) is -1.31. The van der Waals surface area contributed by atoms with Gasteiger partial charge in [0.05, 0.1) is 21.8 Å². The van der Waals surface area contributed by atoms with Gasteiger partial charge in [0, 0.05) is 18.2 Å². The number of aliphatic imine (C=N–C) groups is 1. The highest BCUT2D eigenvalue weighted by atomic mass is 32.1. The van der Waals surface area contributed by atoms with E-state index in [1.165, 1.54) is 25.3 Å². The molecule has 0 radical (unpaired) electrons. The van der Waals surface area contributed by atoms with Crippen LogP contribution in [0.5, 0.6) is 0 Å². The zero-order valence-electron chi connectivity index (χ0n) is 17.8. The van der Waals surface area contributed by atoms with E-state index in [0.717, 1.165) is 23.5 Å². The minimum Gasteiger partial charge on any atom is -0.381 e. The predicted molar refractivity (Wildman–Crippen MR) is 121 cm³/mol. The fourth-order valence-corrected chi connectivity index (χ4v) is 4.03. The molecule has 0 spiro atoms. The first kappa shape index (κ1) is 24.5. The first-order valence-electron chi connectivity index (χ1n) is 10.0. The number of amides is 1. The third-order valence-corrected chi connectivity index (χ3v) is 5.89. The molecule has 1 amide bonds. The second-order valence-electron chi connectivity index (χ2n) is 7.15. The van der Waals surface area contributed by atoms with Gasteiger partial charge in [-0.3, -0.25) is 15.1 Å². The van der Waals surface area contributed by atoms with Crippen molar-refractivity contribution in [3.63, 3.8) is 0 Å². The predicted octanol–water partition coefficient (Wildman–Crippen LogP) is 6.37. The molecule has 2 aromatic rings. The van der Waals surface area contributed by atoms with E-state index in [4.69, 9.17) is 0 Å². The van der Waals surface area contributed by atoms with Gasteiger partial charge >= 0.3 is 6.18 Å². The lowest BCUT2D eigenvalue weighted by molar-refractivity contribution is -0.137. The number of rotatable bonds is 6. The first-order valence-corrected chi connectivity index (χ1v) is 10.8. The number of carbonyl (C=O) groups is 1. The van der Waals surface area contributed by atoms with Gasteiger partial charge in [0.25, 0.3) is 5.91 Å². The second-order valence-corrected chi connectivity index (χ2v) is 8.15. The number of aromatic nitrogens is 1. The molecule has 0 bridgehead atoms. The van der Waals surface area contributed by atoms with Crippen LogP contribution in [0.2, 0.25) is 0 Å². The quantitative estimate of drug-likeness (QED) is 0.374. The lowest BCUT2D eigenvalue weighted by Crippen LogP contribution is -2.15. The number of halogens is 4. The Hall–Kier alpha value is -3.11. The van der Waals surface area contributed by atoms with E-state index in [0.29, 0.717) is 12.1 Å². The number of allylic oxidation sites excluding steroid dienone is 4. The molecule has 3 rings (SSSR count). The largest absolute Gasteiger partial charge is 0.416 e. The van der Waals surface area contributed by atoms with Crippen molar-refractivity contribution in [2.24, 2.45) is 4.99 Å². The van der Waals surface area contributed by atoms with Gasteiger partial charge in [-0.25, -0.2) is 9.37 Å². The number of benzene rings is 1. The second kappa shape index (κ2) is 10.2. The summed E-state index contributed by atoms with van der Waals surface area (Å²) in [6, 6.07) is 4.60. The lowest BCUT2D eigenvalue weighted by Gasteiger charge is -2.13. The maximum atomic E-state index is 13.8. The Bertz CT molecular complexity index is 1160. The van der Waals surface area contributed by atoms with Crippen LogP contribution in [-0.2, 0) is 11.0 Å². The van der Waals surface area contributed by atoms with Gasteiger partial charge in [0.15, 0.2) is 5.13 Å². The standard InChI is InChI=1S/C23H21F4N3O2S/c1-3-16(24)13(2)21(32)30-22-29-18(19(31)17-10-5-4-6-11-28-17)20(33-22)14-8-7-9-15(12-14)23(25,26)27/h4-9,11-12,19,31H,3,10H2,1-2H3,(H,29,30,32)/b16-13-. The average molecular weight is 479 g/mol. The number of hydrogen-bond donors (Lipinski definition) is 2. The Morgan fingerprint density at radius 3 is 2.76 bits per heavy atom. The van der Waals surface area contributed by atoms with Crippen LogP contribution in [-0.4, -0.2) is 21.7 Å². The number of carbonyl (C=O) groups excluding carboxylic acids is 1. The van der Waals surface area contributed by atoms with Crippen LogP contribution in [0.25, 0.3) is 10.4 Å². The molecule has 174 valence electrons. The monoisotopic (exact) mass is 479 g/mol. The molecule has 10 heteroatoms. The molecular weight excluding hydrogens is 458 g/mol. The third-order valence-electron chi connectivity index (χ3n) is 4.86. The van der Waals surface area contributed by atoms with E-state index in [-0.39, 0.29) is 33.3 Å². The van der Waals surface area contributed by atoms with Crippen molar-refractivity contribution in [1.82, 2.24) is 4.98 Å². The zero-order valence-corrected chi connectivity index (χ0v) is 18.6. The Morgan fingerprint density at radius 1 is 1.30 bits per heavy atom. The molecule has 1 atom stereocenters. The molecule has 0 saturated heterocycles. The van der Waals surface area contributed by atoms with Crippen molar-refractivity contribution in [2.75, 3.05) is 5.32 Å². The topological polar surface area (TPSA) is 74.6 Å². The fraction of sp³-hybridized carbons (Fsp3) is 0.261. The summed E-state index contributed by atoms with van der Waals surface area (Å²) < 4.78 is 53.6. The summed E-state index contributed by atoms with van der Waals surface area (Å²) >= 11 is 0.888.